The predicted molar refractivity (Wildman–Crippen MR) is 254 cm³/mol. The number of rotatable bonds is 15. The quantitative estimate of drug-likeness (QED) is 0.0960. The van der Waals surface area contributed by atoms with Crippen LogP contribution in [0.1, 0.15) is 87.4 Å². The first-order chi connectivity index (χ1) is 31.8. The monoisotopic (exact) mass is 913 g/mol. The number of alkyl halides is 2. The molecule has 2 aromatic carbocycles. The average Bonchev–Trinajstić information content (AvgIpc) is 3.57. The topological polar surface area (TPSA) is 189 Å². The maximum absolute atomic E-state index is 14.6. The molecule has 5 aliphatic heterocycles. The highest BCUT2D eigenvalue weighted by Crippen LogP contribution is 2.39. The summed E-state index contributed by atoms with van der Waals surface area (Å²) < 4.78 is 32.3. The molecule has 66 heavy (non-hydrogen) atoms. The third kappa shape index (κ3) is 9.91. The first-order valence-electron chi connectivity index (χ1n) is 23.7. The number of hydrogen-bond donors (Lipinski definition) is 6. The van der Waals surface area contributed by atoms with Gasteiger partial charge in [-0.1, -0.05) is 6.07 Å². The fraction of sp³-hybridized carbons (Fsp3) is 0.562. The summed E-state index contributed by atoms with van der Waals surface area (Å²) in [6, 6.07) is 8.63. The number of nitrogens with one attached hydrogen (secondary N) is 5. The van der Waals surface area contributed by atoms with E-state index in [2.05, 4.69) is 31.1 Å². The van der Waals surface area contributed by atoms with Gasteiger partial charge in [0.2, 0.25) is 17.7 Å². The third-order valence-corrected chi connectivity index (χ3v) is 14.5. The second-order valence-corrected chi connectivity index (χ2v) is 18.6. The molecule has 18 heteroatoms. The number of aryl methyl sites for hydroxylation is 2. The van der Waals surface area contributed by atoms with Crippen LogP contribution in [0.15, 0.2) is 52.6 Å². The van der Waals surface area contributed by atoms with Gasteiger partial charge < -0.3 is 46.7 Å². The van der Waals surface area contributed by atoms with Crippen LogP contribution in [0.25, 0.3) is 16.6 Å². The molecular weight excluding hydrogens is 847 g/mol. The standard InChI is InChI=1S/C48H66F2N12O4/c1-30(63)60-21-15-38(37(29-60)46(52)61-16-5-6-32-24-35(33(26-51)28-53-2)36(45(49)50)25-42(32)61)55-34-13-19-59(20-14-34)23-22-58-17-11-31(12-18-58)27-54-39-7-4-8-40-44(39)57(3)48(66)62(40)41-9-10-43(64)56-47(41)65/h4,7-8,24-26,28,31,34,41,45-46,51,53-55H,5-6,9-23,27,29,52H2,1-3H3,(H,56,64,65)/b33-28+,51-26?. The van der Waals surface area contributed by atoms with Crippen LogP contribution < -0.4 is 37.6 Å². The molecule has 0 aliphatic carbocycles. The number of imide groups is 1. The van der Waals surface area contributed by atoms with Crippen molar-refractivity contribution in [2.45, 2.75) is 89.4 Å². The van der Waals surface area contributed by atoms with E-state index in [1.807, 2.05) is 28.0 Å². The number of nitrogens with zero attached hydrogens (tertiary/aromatic N) is 6. The van der Waals surface area contributed by atoms with Gasteiger partial charge in [-0.15, -0.1) is 0 Å². The summed E-state index contributed by atoms with van der Waals surface area (Å²) in [7, 11) is 3.41. The van der Waals surface area contributed by atoms with E-state index in [1.54, 1.807) is 43.9 Å². The maximum Gasteiger partial charge on any atom is 0.329 e. The summed E-state index contributed by atoms with van der Waals surface area (Å²) in [5.74, 6) is -0.278. The molecule has 8 rings (SSSR count). The van der Waals surface area contributed by atoms with E-state index >= 15 is 0 Å². The van der Waals surface area contributed by atoms with Crippen LogP contribution in [0.3, 0.4) is 0 Å². The number of anilines is 2. The average molecular weight is 913 g/mol. The Morgan fingerprint density at radius 3 is 2.36 bits per heavy atom. The molecule has 6 heterocycles. The van der Waals surface area contributed by atoms with Crippen molar-refractivity contribution in [1.29, 1.82) is 5.41 Å². The minimum atomic E-state index is -2.74. The second kappa shape index (κ2) is 20.5. The number of amides is 3. The molecule has 16 nitrogen and oxygen atoms in total. The number of aromatic nitrogens is 2. The Morgan fingerprint density at radius 1 is 0.970 bits per heavy atom. The first kappa shape index (κ1) is 46.9. The number of carbonyl (C=O) groups is 3. The SMILES string of the molecule is CN/C=C(\C=N)c1cc2c(cc1C(F)F)N(C(N)C1=C(NC3CCN(CCN4CCC(CNc5cccc6c5n(C)c(=O)n6C5CCC(=O)NC5=O)CC4)CC3)CCN(C(C)=O)C1)CCC2. The van der Waals surface area contributed by atoms with Gasteiger partial charge in [-0.25, -0.2) is 13.6 Å². The fourth-order valence-corrected chi connectivity index (χ4v) is 10.7. The second-order valence-electron chi connectivity index (χ2n) is 18.6. The lowest BCUT2D eigenvalue weighted by molar-refractivity contribution is -0.135. The maximum atomic E-state index is 14.6. The number of fused-ring (bicyclic) bond motifs is 2. The van der Waals surface area contributed by atoms with Crippen LogP contribution in [0.2, 0.25) is 0 Å². The van der Waals surface area contributed by atoms with Crippen LogP contribution >= 0.6 is 0 Å². The minimum Gasteiger partial charge on any atom is -0.393 e. The summed E-state index contributed by atoms with van der Waals surface area (Å²) >= 11 is 0. The van der Waals surface area contributed by atoms with Gasteiger partial charge in [0, 0.05) is 133 Å². The molecule has 3 fully saturated rings. The number of imidazole rings is 1. The van der Waals surface area contributed by atoms with Crippen molar-refractivity contribution >= 4 is 51.9 Å². The molecule has 2 atom stereocenters. The highest BCUT2D eigenvalue weighted by atomic mass is 19.3. The molecule has 1 aromatic heterocycles. The Labute approximate surface area is 385 Å². The molecule has 0 bridgehead atoms. The van der Waals surface area contributed by atoms with Gasteiger partial charge in [0.1, 0.15) is 12.2 Å². The highest BCUT2D eigenvalue weighted by Gasteiger charge is 2.35. The molecule has 356 valence electrons. The molecule has 0 saturated carbocycles. The van der Waals surface area contributed by atoms with Crippen molar-refractivity contribution in [3.05, 3.63) is 75.0 Å². The summed E-state index contributed by atoms with van der Waals surface area (Å²) in [5.41, 5.74) is 13.4. The van der Waals surface area contributed by atoms with Crippen LogP contribution in [-0.2, 0) is 27.9 Å². The number of benzene rings is 2. The zero-order chi connectivity index (χ0) is 46.6. The Hall–Kier alpha value is -5.59. The summed E-state index contributed by atoms with van der Waals surface area (Å²) in [5, 5.41) is 20.6. The van der Waals surface area contributed by atoms with Crippen LogP contribution in [0.4, 0.5) is 20.2 Å². The van der Waals surface area contributed by atoms with E-state index in [0.29, 0.717) is 67.2 Å². The predicted octanol–water partition coefficient (Wildman–Crippen LogP) is 3.89. The highest BCUT2D eigenvalue weighted by molar-refractivity contribution is 6.09. The van der Waals surface area contributed by atoms with E-state index in [9.17, 15) is 28.0 Å². The van der Waals surface area contributed by atoms with E-state index < -0.39 is 24.5 Å². The number of likely N-dealkylation sites (tertiary alicyclic amines) is 2. The van der Waals surface area contributed by atoms with Gasteiger partial charge in [-0.3, -0.25) is 28.8 Å². The van der Waals surface area contributed by atoms with Gasteiger partial charge in [0.25, 0.3) is 6.43 Å². The van der Waals surface area contributed by atoms with E-state index in [1.165, 1.54) is 4.57 Å². The smallest absolute Gasteiger partial charge is 0.329 e. The number of hydrogen-bond acceptors (Lipinski definition) is 12. The lowest BCUT2D eigenvalue weighted by atomic mass is 9.91. The van der Waals surface area contributed by atoms with Gasteiger partial charge in [-0.05, 0) is 99.3 Å². The van der Waals surface area contributed by atoms with Crippen molar-refractivity contribution in [3.63, 3.8) is 0 Å². The Kier molecular flexibility index (Phi) is 14.6. The van der Waals surface area contributed by atoms with Crippen molar-refractivity contribution in [2.75, 3.05) is 82.7 Å². The Morgan fingerprint density at radius 2 is 1.70 bits per heavy atom. The van der Waals surface area contributed by atoms with Gasteiger partial charge in [0.15, 0.2) is 0 Å². The van der Waals surface area contributed by atoms with E-state index in [-0.39, 0.29) is 35.5 Å². The Balaban J connectivity index is 0.841. The molecule has 3 amide bonds. The largest absolute Gasteiger partial charge is 0.393 e. The van der Waals surface area contributed by atoms with Gasteiger partial charge in [0.05, 0.1) is 16.7 Å². The van der Waals surface area contributed by atoms with E-state index in [4.69, 9.17) is 11.1 Å². The number of carbonyl (C=O) groups excluding carboxylic acids is 3. The number of para-hydroxylation sites is 1. The molecule has 7 N–H and O–H groups in total. The van der Waals surface area contributed by atoms with Crippen LogP contribution in [0, 0.1) is 11.3 Å². The number of nitrogens with two attached hydrogens (primary N) is 1. The number of halogens is 2. The molecule has 0 radical (unpaired) electrons. The molecule has 2 unspecified atom stereocenters. The normalized spacial score (nSPS) is 21.3. The zero-order valence-electron chi connectivity index (χ0n) is 38.5. The zero-order valence-corrected chi connectivity index (χ0v) is 38.5. The lowest BCUT2D eigenvalue weighted by Gasteiger charge is -2.42. The van der Waals surface area contributed by atoms with Crippen LogP contribution in [-0.4, -0.2) is 132 Å². The summed E-state index contributed by atoms with van der Waals surface area (Å²) in [6.45, 7) is 9.97. The molecule has 3 saturated heterocycles. The number of piperidine rings is 3. The first-order valence-corrected chi connectivity index (χ1v) is 23.7. The van der Waals surface area contributed by atoms with Crippen LogP contribution in [0.5, 0.6) is 0 Å². The molecule has 3 aromatic rings. The van der Waals surface area contributed by atoms with Crippen molar-refractivity contribution in [2.24, 2.45) is 18.7 Å². The van der Waals surface area contributed by atoms with Crippen molar-refractivity contribution in [3.8, 4) is 0 Å². The molecule has 0 spiro atoms. The summed E-state index contributed by atoms with van der Waals surface area (Å²) in [4.78, 5) is 59.4. The third-order valence-electron chi connectivity index (χ3n) is 14.5. The molecule has 5 aliphatic rings. The minimum absolute atomic E-state index is 0.0180. The van der Waals surface area contributed by atoms with Crippen molar-refractivity contribution < 1.29 is 23.2 Å². The summed E-state index contributed by atoms with van der Waals surface area (Å²) in [6.07, 6.45) is 6.10. The van der Waals surface area contributed by atoms with Gasteiger partial charge in [-0.2, -0.15) is 0 Å². The van der Waals surface area contributed by atoms with Crippen molar-refractivity contribution in [1.82, 2.24) is 39.8 Å². The number of allylic oxidation sites excluding steroid dienone is 1. The Bertz CT molecular complexity index is 2430. The van der Waals surface area contributed by atoms with E-state index in [0.717, 1.165) is 112 Å². The lowest BCUT2D eigenvalue weighted by Crippen LogP contribution is -2.53. The fourth-order valence-electron chi connectivity index (χ4n) is 10.7. The van der Waals surface area contributed by atoms with Gasteiger partial charge >= 0.3 is 5.69 Å². The molecular formula is C48H66F2N12O4.